The number of benzene rings is 2. The summed E-state index contributed by atoms with van der Waals surface area (Å²) in [6.07, 6.45) is 1.21. The van der Waals surface area contributed by atoms with Crippen LogP contribution in [0.15, 0.2) is 54.9 Å². The monoisotopic (exact) mass is 424 g/mol. The molecule has 3 N–H and O–H groups in total. The van der Waals surface area contributed by atoms with Crippen LogP contribution >= 0.6 is 11.6 Å². The number of carbonyl (C=O) groups excluding carboxylic acids is 3. The first kappa shape index (κ1) is 19.6. The Morgan fingerprint density at radius 3 is 2.77 bits per heavy atom. The summed E-state index contributed by atoms with van der Waals surface area (Å²) in [6.45, 7) is 0.0433. The Kier molecular flexibility index (Phi) is 5.44. The van der Waals surface area contributed by atoms with Crippen LogP contribution in [-0.4, -0.2) is 44.0 Å². The van der Waals surface area contributed by atoms with E-state index in [2.05, 4.69) is 25.8 Å². The zero-order chi connectivity index (χ0) is 21.1. The Morgan fingerprint density at radius 2 is 2.00 bits per heavy atom. The van der Waals surface area contributed by atoms with Crippen LogP contribution in [-0.2, 0) is 16.1 Å². The van der Waals surface area contributed by atoms with Gasteiger partial charge in [-0.15, -0.1) is 0 Å². The average molecular weight is 425 g/mol. The fourth-order valence-electron chi connectivity index (χ4n) is 3.15. The lowest BCUT2D eigenvalue weighted by molar-refractivity contribution is -0.130. The number of halogens is 1. The number of aromatic nitrogens is 3. The molecule has 2 heterocycles. The number of nitrogens with zero attached hydrogens (tertiary/aromatic N) is 3. The molecule has 2 aromatic carbocycles. The molecule has 1 aliphatic heterocycles. The Bertz CT molecular complexity index is 1100. The highest BCUT2D eigenvalue weighted by Crippen LogP contribution is 2.21. The Hall–Kier alpha value is -3.72. The molecular formula is C20H17ClN6O3. The zero-order valence-corrected chi connectivity index (χ0v) is 16.4. The van der Waals surface area contributed by atoms with E-state index in [4.69, 9.17) is 11.6 Å². The minimum absolute atomic E-state index is 0.0433. The lowest BCUT2D eigenvalue weighted by atomic mass is 10.1. The maximum Gasteiger partial charge on any atom is 0.325 e. The number of amides is 4. The lowest BCUT2D eigenvalue weighted by Crippen LogP contribution is -2.34. The van der Waals surface area contributed by atoms with Crippen molar-refractivity contribution in [3.05, 3.63) is 65.4 Å². The van der Waals surface area contributed by atoms with Crippen LogP contribution < -0.4 is 10.6 Å². The average Bonchev–Trinajstić information content (AvgIpc) is 3.35. The van der Waals surface area contributed by atoms with Crippen molar-refractivity contribution in [2.24, 2.45) is 0 Å². The third-order valence-electron chi connectivity index (χ3n) is 4.62. The molecule has 4 rings (SSSR count). The molecule has 1 fully saturated rings. The molecule has 1 aromatic heterocycles. The second-order valence-electron chi connectivity index (χ2n) is 6.69. The normalized spacial score (nSPS) is 15.9. The maximum atomic E-state index is 12.6. The summed E-state index contributed by atoms with van der Waals surface area (Å²) in [6, 6.07) is 12.5. The van der Waals surface area contributed by atoms with Gasteiger partial charge in [-0.25, -0.2) is 9.78 Å². The van der Waals surface area contributed by atoms with Crippen molar-refractivity contribution in [3.63, 3.8) is 0 Å². The van der Waals surface area contributed by atoms with Gasteiger partial charge in [-0.1, -0.05) is 41.9 Å². The van der Waals surface area contributed by atoms with E-state index in [-0.39, 0.29) is 13.0 Å². The second-order valence-corrected chi connectivity index (χ2v) is 7.09. The van der Waals surface area contributed by atoms with Gasteiger partial charge in [0.05, 0.1) is 13.0 Å². The predicted molar refractivity (Wildman–Crippen MR) is 109 cm³/mol. The highest BCUT2D eigenvalue weighted by molar-refractivity contribution is 6.31. The minimum atomic E-state index is -0.933. The van der Waals surface area contributed by atoms with E-state index in [9.17, 15) is 14.4 Å². The number of carbonyl (C=O) groups is 3. The van der Waals surface area contributed by atoms with Gasteiger partial charge in [-0.05, 0) is 23.8 Å². The van der Waals surface area contributed by atoms with E-state index in [1.165, 1.54) is 6.33 Å². The van der Waals surface area contributed by atoms with Gasteiger partial charge in [0.25, 0.3) is 5.91 Å². The van der Waals surface area contributed by atoms with Crippen LogP contribution in [0.2, 0.25) is 5.02 Å². The fraction of sp³-hybridized carbons (Fsp3) is 0.150. The molecule has 1 aliphatic rings. The van der Waals surface area contributed by atoms with Gasteiger partial charge in [-0.3, -0.25) is 19.6 Å². The standard InChI is InChI=1S/C20H17ClN6O3/c21-15-7-2-1-4-13(15)10-27-19(29)16(25-20(27)30)9-17(28)24-14-6-3-5-12(8-14)18-22-11-23-26-18/h1-8,11,16H,9-10H2,(H,24,28)(H,25,30)(H,22,23,26). The largest absolute Gasteiger partial charge is 0.326 e. The van der Waals surface area contributed by atoms with Crippen molar-refractivity contribution in [2.75, 3.05) is 5.32 Å². The molecule has 9 nitrogen and oxygen atoms in total. The van der Waals surface area contributed by atoms with E-state index in [0.717, 1.165) is 10.5 Å². The predicted octanol–water partition coefficient (Wildman–Crippen LogP) is 2.57. The summed E-state index contributed by atoms with van der Waals surface area (Å²) in [5, 5.41) is 12.3. The molecule has 0 spiro atoms. The van der Waals surface area contributed by atoms with E-state index < -0.39 is 23.9 Å². The molecule has 0 saturated carbocycles. The van der Waals surface area contributed by atoms with Crippen molar-refractivity contribution < 1.29 is 14.4 Å². The SMILES string of the molecule is O=C(CC1NC(=O)N(Cc2ccccc2Cl)C1=O)Nc1cccc(-c2ncn[nH]2)c1. The number of H-pyrrole nitrogens is 1. The van der Waals surface area contributed by atoms with Crippen molar-refractivity contribution in [1.82, 2.24) is 25.4 Å². The number of urea groups is 1. The lowest BCUT2D eigenvalue weighted by Gasteiger charge is -2.14. The number of imide groups is 1. The number of hydrogen-bond acceptors (Lipinski definition) is 5. The summed E-state index contributed by atoms with van der Waals surface area (Å²) in [7, 11) is 0. The third kappa shape index (κ3) is 4.15. The number of nitrogens with one attached hydrogen (secondary N) is 3. The molecule has 0 radical (unpaired) electrons. The molecule has 152 valence electrons. The molecule has 10 heteroatoms. The summed E-state index contributed by atoms with van der Waals surface area (Å²) in [5.41, 5.74) is 1.94. The molecule has 1 unspecified atom stereocenters. The molecule has 0 aliphatic carbocycles. The van der Waals surface area contributed by atoms with Gasteiger partial charge < -0.3 is 10.6 Å². The van der Waals surface area contributed by atoms with Crippen LogP contribution in [0.1, 0.15) is 12.0 Å². The summed E-state index contributed by atoms with van der Waals surface area (Å²) in [5.74, 6) is -0.298. The van der Waals surface area contributed by atoms with Crippen LogP contribution in [0.25, 0.3) is 11.4 Å². The summed E-state index contributed by atoms with van der Waals surface area (Å²) >= 11 is 6.11. The van der Waals surface area contributed by atoms with Crippen LogP contribution in [0.3, 0.4) is 0 Å². The molecule has 1 atom stereocenters. The molecule has 4 amide bonds. The Balaban J connectivity index is 1.39. The maximum absolute atomic E-state index is 12.6. The van der Waals surface area contributed by atoms with Crippen molar-refractivity contribution in [3.8, 4) is 11.4 Å². The second kappa shape index (κ2) is 8.34. The first-order chi connectivity index (χ1) is 14.5. The smallest absolute Gasteiger partial charge is 0.325 e. The first-order valence-corrected chi connectivity index (χ1v) is 9.50. The number of hydrogen-bond donors (Lipinski definition) is 3. The molecule has 1 saturated heterocycles. The zero-order valence-electron chi connectivity index (χ0n) is 15.6. The van der Waals surface area contributed by atoms with Crippen LogP contribution in [0, 0.1) is 0 Å². The third-order valence-corrected chi connectivity index (χ3v) is 4.99. The molecule has 30 heavy (non-hydrogen) atoms. The molecular weight excluding hydrogens is 408 g/mol. The van der Waals surface area contributed by atoms with Gasteiger partial charge in [0.2, 0.25) is 5.91 Å². The first-order valence-electron chi connectivity index (χ1n) is 9.12. The number of anilines is 1. The molecule has 0 bridgehead atoms. The highest BCUT2D eigenvalue weighted by Gasteiger charge is 2.39. The summed E-state index contributed by atoms with van der Waals surface area (Å²) < 4.78 is 0. The number of aromatic amines is 1. The van der Waals surface area contributed by atoms with E-state index in [1.807, 2.05) is 6.07 Å². The minimum Gasteiger partial charge on any atom is -0.326 e. The van der Waals surface area contributed by atoms with Crippen molar-refractivity contribution in [2.45, 2.75) is 19.0 Å². The van der Waals surface area contributed by atoms with E-state index in [1.54, 1.807) is 42.5 Å². The quantitative estimate of drug-likeness (QED) is 0.525. The van der Waals surface area contributed by atoms with Gasteiger partial charge in [0, 0.05) is 16.3 Å². The van der Waals surface area contributed by atoms with Crippen LogP contribution in [0.4, 0.5) is 10.5 Å². The summed E-state index contributed by atoms with van der Waals surface area (Å²) in [4.78, 5) is 42.4. The van der Waals surface area contributed by atoms with E-state index in [0.29, 0.717) is 22.1 Å². The van der Waals surface area contributed by atoms with Crippen LogP contribution in [0.5, 0.6) is 0 Å². The van der Waals surface area contributed by atoms with E-state index >= 15 is 0 Å². The van der Waals surface area contributed by atoms with Gasteiger partial charge >= 0.3 is 6.03 Å². The number of rotatable bonds is 6. The highest BCUT2D eigenvalue weighted by atomic mass is 35.5. The molecule has 3 aromatic rings. The van der Waals surface area contributed by atoms with Gasteiger partial charge in [-0.2, -0.15) is 5.10 Å². The fourth-order valence-corrected chi connectivity index (χ4v) is 3.34. The topological polar surface area (TPSA) is 120 Å². The van der Waals surface area contributed by atoms with Crippen molar-refractivity contribution >= 4 is 35.1 Å². The van der Waals surface area contributed by atoms with Gasteiger partial charge in [0.15, 0.2) is 5.82 Å². The van der Waals surface area contributed by atoms with Crippen molar-refractivity contribution in [1.29, 1.82) is 0 Å². The Labute approximate surface area is 176 Å². The van der Waals surface area contributed by atoms with Gasteiger partial charge in [0.1, 0.15) is 12.4 Å². The Morgan fingerprint density at radius 1 is 1.17 bits per heavy atom.